The Bertz CT molecular complexity index is 1690. The topological polar surface area (TPSA) is 71.8 Å². The summed E-state index contributed by atoms with van der Waals surface area (Å²) in [4.78, 5) is 20.0. The molecule has 3 unspecified atom stereocenters. The molecule has 4 aromatic rings. The Morgan fingerprint density at radius 3 is 2.30 bits per heavy atom. The highest BCUT2D eigenvalue weighted by Gasteiger charge is 2.31. The van der Waals surface area contributed by atoms with Crippen molar-refractivity contribution in [2.45, 2.75) is 72.3 Å². The number of benzene rings is 3. The van der Waals surface area contributed by atoms with Gasteiger partial charge in [0.1, 0.15) is 5.75 Å². The number of carbonyl (C=O) groups is 1. The molecule has 1 fully saturated rings. The molecular formula is C35H38F3N5O2S. The van der Waals surface area contributed by atoms with Crippen LogP contribution in [0.1, 0.15) is 55.4 Å². The molecule has 1 aromatic heterocycles. The van der Waals surface area contributed by atoms with Gasteiger partial charge in [0.2, 0.25) is 0 Å². The van der Waals surface area contributed by atoms with Crippen LogP contribution < -0.4 is 15.0 Å². The van der Waals surface area contributed by atoms with E-state index in [9.17, 15) is 18.0 Å². The Morgan fingerprint density at radius 2 is 1.67 bits per heavy atom. The van der Waals surface area contributed by atoms with Gasteiger partial charge in [-0.25, -0.2) is 9.48 Å². The summed E-state index contributed by atoms with van der Waals surface area (Å²) >= 11 is 1.61. The van der Waals surface area contributed by atoms with Gasteiger partial charge in [0.25, 0.3) is 0 Å². The molecule has 3 atom stereocenters. The lowest BCUT2D eigenvalue weighted by Crippen LogP contribution is -2.43. The van der Waals surface area contributed by atoms with Crippen LogP contribution in [0.2, 0.25) is 0 Å². The number of anilines is 1. The standard InChI is InChI=1S/C35H38F3N5O2S/c1-21-19-22(2)32(23(3)20-21)43-24(4)16-18-46-34(43)40-33(44)39-26(6)25(5)27-7-9-28(10-8-27)31-15-17-42(41-31)29-11-13-30(14-12-29)45-35(36,37)38/h7-15,17,19-20,24-26H,16,18H2,1-6H3,(H,39,44). The summed E-state index contributed by atoms with van der Waals surface area (Å²) in [5.41, 5.74) is 7.94. The first-order valence-corrected chi connectivity index (χ1v) is 16.2. The maximum atomic E-state index is 13.2. The molecule has 7 nitrogen and oxygen atoms in total. The molecule has 0 aliphatic carbocycles. The molecule has 242 valence electrons. The van der Waals surface area contributed by atoms with Crippen molar-refractivity contribution in [1.82, 2.24) is 15.1 Å². The summed E-state index contributed by atoms with van der Waals surface area (Å²) in [7, 11) is 0. The number of amides is 2. The van der Waals surface area contributed by atoms with E-state index in [0.717, 1.165) is 39.8 Å². The van der Waals surface area contributed by atoms with E-state index in [4.69, 9.17) is 0 Å². The van der Waals surface area contributed by atoms with E-state index in [1.54, 1.807) is 22.6 Å². The lowest BCUT2D eigenvalue weighted by Gasteiger charge is -2.37. The van der Waals surface area contributed by atoms with Crippen molar-refractivity contribution in [3.63, 3.8) is 0 Å². The van der Waals surface area contributed by atoms with Crippen LogP contribution in [0.4, 0.5) is 23.7 Å². The maximum absolute atomic E-state index is 13.2. The number of aryl methyl sites for hydroxylation is 3. The van der Waals surface area contributed by atoms with E-state index in [1.165, 1.54) is 41.0 Å². The average molecular weight is 650 g/mol. The number of alkyl halides is 3. The first kappa shape index (κ1) is 33.1. The van der Waals surface area contributed by atoms with Gasteiger partial charge in [0, 0.05) is 41.2 Å². The summed E-state index contributed by atoms with van der Waals surface area (Å²) in [5.74, 6) is 0.639. The Hall–Kier alpha value is -4.25. The summed E-state index contributed by atoms with van der Waals surface area (Å²) in [6.07, 6.45) is -1.98. The second-order valence-electron chi connectivity index (χ2n) is 11.8. The fourth-order valence-electron chi connectivity index (χ4n) is 5.77. The van der Waals surface area contributed by atoms with Gasteiger partial charge in [0.05, 0.1) is 11.4 Å². The molecule has 1 aliphatic rings. The molecule has 1 aliphatic heterocycles. The van der Waals surface area contributed by atoms with E-state index in [2.05, 4.69) is 71.8 Å². The van der Waals surface area contributed by atoms with Gasteiger partial charge in [-0.1, -0.05) is 60.6 Å². The molecule has 2 heterocycles. The molecule has 1 saturated heterocycles. The summed E-state index contributed by atoms with van der Waals surface area (Å²) in [6, 6.07) is 19.4. The number of urea groups is 1. The predicted molar refractivity (Wildman–Crippen MR) is 179 cm³/mol. The highest BCUT2D eigenvalue weighted by Crippen LogP contribution is 2.35. The molecule has 0 bridgehead atoms. The molecular weight excluding hydrogens is 611 g/mol. The van der Waals surface area contributed by atoms with Crippen molar-refractivity contribution in [3.05, 3.63) is 95.2 Å². The molecule has 1 N–H and O–H groups in total. The van der Waals surface area contributed by atoms with E-state index < -0.39 is 6.36 Å². The minimum absolute atomic E-state index is 0.0174. The quantitative estimate of drug-likeness (QED) is 0.216. The van der Waals surface area contributed by atoms with Crippen molar-refractivity contribution < 1.29 is 22.7 Å². The van der Waals surface area contributed by atoms with E-state index in [-0.39, 0.29) is 29.8 Å². The third kappa shape index (κ3) is 7.75. The predicted octanol–water partition coefficient (Wildman–Crippen LogP) is 8.95. The van der Waals surface area contributed by atoms with E-state index in [1.807, 2.05) is 37.3 Å². The fourth-order valence-corrected chi connectivity index (χ4v) is 6.97. The number of hydrogen-bond acceptors (Lipinski definition) is 4. The Balaban J connectivity index is 1.24. The summed E-state index contributed by atoms with van der Waals surface area (Å²) in [5, 5.41) is 8.39. The number of amidine groups is 1. The molecule has 0 spiro atoms. The van der Waals surface area contributed by atoms with Crippen LogP contribution in [0, 0.1) is 20.8 Å². The second kappa shape index (κ2) is 13.6. The van der Waals surface area contributed by atoms with Crippen molar-refractivity contribution in [2.75, 3.05) is 10.7 Å². The van der Waals surface area contributed by atoms with Gasteiger partial charge >= 0.3 is 12.4 Å². The highest BCUT2D eigenvalue weighted by molar-refractivity contribution is 8.14. The molecule has 46 heavy (non-hydrogen) atoms. The average Bonchev–Trinajstić information content (AvgIpc) is 3.48. The van der Waals surface area contributed by atoms with E-state index in [0.29, 0.717) is 5.69 Å². The number of nitrogens with one attached hydrogen (secondary N) is 1. The zero-order chi connectivity index (χ0) is 33.2. The largest absolute Gasteiger partial charge is 0.573 e. The number of ether oxygens (including phenoxy) is 1. The minimum Gasteiger partial charge on any atom is -0.406 e. The number of nitrogens with zero attached hydrogens (tertiary/aromatic N) is 4. The van der Waals surface area contributed by atoms with Crippen LogP contribution in [0.25, 0.3) is 16.9 Å². The smallest absolute Gasteiger partial charge is 0.406 e. The van der Waals surface area contributed by atoms with Gasteiger partial charge in [-0.3, -0.25) is 0 Å². The molecule has 11 heteroatoms. The Kier molecular flexibility index (Phi) is 9.81. The number of aliphatic imine (C=N–C) groups is 1. The molecule has 0 saturated carbocycles. The van der Waals surface area contributed by atoms with Crippen LogP contribution in [-0.2, 0) is 0 Å². The van der Waals surface area contributed by atoms with Gasteiger partial charge < -0.3 is 15.0 Å². The van der Waals surface area contributed by atoms with Crippen LogP contribution in [0.15, 0.2) is 77.9 Å². The SMILES string of the molecule is Cc1cc(C)c(N2C(=NC(=O)NC(C)C(C)c3ccc(-c4ccn(-c5ccc(OC(F)(F)F)cc5)n4)cc3)SCCC2C)c(C)c1. The number of halogens is 3. The zero-order valence-electron chi connectivity index (χ0n) is 26.7. The van der Waals surface area contributed by atoms with Gasteiger partial charge in [-0.2, -0.15) is 10.1 Å². The lowest BCUT2D eigenvalue weighted by molar-refractivity contribution is -0.274. The molecule has 3 aromatic carbocycles. The van der Waals surface area contributed by atoms with Crippen molar-refractivity contribution in [2.24, 2.45) is 4.99 Å². The normalized spacial score (nSPS) is 17.5. The monoisotopic (exact) mass is 649 g/mol. The summed E-state index contributed by atoms with van der Waals surface area (Å²) in [6.45, 7) is 12.5. The van der Waals surface area contributed by atoms with Gasteiger partial charge in [-0.15, -0.1) is 13.2 Å². The fraction of sp³-hybridized carbons (Fsp3) is 0.343. The molecule has 2 amide bonds. The third-order valence-electron chi connectivity index (χ3n) is 8.24. The van der Waals surface area contributed by atoms with Crippen LogP contribution >= 0.6 is 11.8 Å². The maximum Gasteiger partial charge on any atom is 0.573 e. The first-order chi connectivity index (χ1) is 21.8. The number of hydrogen-bond donors (Lipinski definition) is 1. The highest BCUT2D eigenvalue weighted by atomic mass is 32.2. The zero-order valence-corrected chi connectivity index (χ0v) is 27.5. The molecule has 0 radical (unpaired) electrons. The van der Waals surface area contributed by atoms with Crippen LogP contribution in [0.5, 0.6) is 5.75 Å². The third-order valence-corrected chi connectivity index (χ3v) is 9.23. The van der Waals surface area contributed by atoms with Crippen molar-refractivity contribution in [1.29, 1.82) is 0 Å². The van der Waals surface area contributed by atoms with Crippen molar-refractivity contribution >= 4 is 28.6 Å². The van der Waals surface area contributed by atoms with Crippen LogP contribution in [-0.4, -0.2) is 45.2 Å². The first-order valence-electron chi connectivity index (χ1n) is 15.2. The summed E-state index contributed by atoms with van der Waals surface area (Å²) < 4.78 is 42.9. The number of thioether (sulfide) groups is 1. The number of rotatable bonds is 7. The Labute approximate surface area is 271 Å². The Morgan fingerprint density at radius 1 is 1.02 bits per heavy atom. The van der Waals surface area contributed by atoms with Crippen molar-refractivity contribution in [3.8, 4) is 22.7 Å². The van der Waals surface area contributed by atoms with E-state index >= 15 is 0 Å². The lowest BCUT2D eigenvalue weighted by atomic mass is 9.93. The van der Waals surface area contributed by atoms with Gasteiger partial charge in [-0.05, 0) is 88.1 Å². The molecule has 5 rings (SSSR count). The second-order valence-corrected chi connectivity index (χ2v) is 12.9. The minimum atomic E-state index is -4.74. The van der Waals surface area contributed by atoms with Crippen LogP contribution in [0.3, 0.4) is 0 Å². The van der Waals surface area contributed by atoms with Gasteiger partial charge in [0.15, 0.2) is 5.17 Å². The number of carbonyl (C=O) groups excluding carboxylic acids is 1. The number of aromatic nitrogens is 2.